The van der Waals surface area contributed by atoms with E-state index in [4.69, 9.17) is 0 Å². The molecule has 2 aliphatic rings. The van der Waals surface area contributed by atoms with E-state index in [-0.39, 0.29) is 6.10 Å². The van der Waals surface area contributed by atoms with Gasteiger partial charge in [0.15, 0.2) is 0 Å². The lowest BCUT2D eigenvalue weighted by Crippen LogP contribution is -2.49. The monoisotopic (exact) mass is 283 g/mol. The van der Waals surface area contributed by atoms with Crippen molar-refractivity contribution in [1.29, 1.82) is 0 Å². The van der Waals surface area contributed by atoms with Crippen LogP contribution in [-0.2, 0) is 4.79 Å². The van der Waals surface area contributed by atoms with E-state index in [2.05, 4.69) is 4.90 Å². The smallest absolute Gasteiger partial charge is 0.310 e. The molecule has 0 spiro atoms. The average Bonchev–Trinajstić information content (AvgIpc) is 2.91. The van der Waals surface area contributed by atoms with Gasteiger partial charge in [0, 0.05) is 13.1 Å². The Bertz CT molecular complexity index is 328. The maximum atomic E-state index is 11.5. The van der Waals surface area contributed by atoms with E-state index >= 15 is 0 Å². The number of hydrogen-bond acceptors (Lipinski definition) is 3. The van der Waals surface area contributed by atoms with Crippen molar-refractivity contribution in [2.45, 2.75) is 64.4 Å². The van der Waals surface area contributed by atoms with E-state index in [0.29, 0.717) is 25.4 Å². The van der Waals surface area contributed by atoms with Gasteiger partial charge in [-0.2, -0.15) is 0 Å². The third-order valence-corrected chi connectivity index (χ3v) is 5.34. The highest BCUT2D eigenvalue weighted by Gasteiger charge is 2.41. The molecule has 0 aromatic carbocycles. The minimum atomic E-state index is -0.671. The molecule has 0 aromatic heterocycles. The van der Waals surface area contributed by atoms with E-state index < -0.39 is 11.4 Å². The third kappa shape index (κ3) is 3.73. The van der Waals surface area contributed by atoms with Gasteiger partial charge in [0.05, 0.1) is 11.5 Å². The van der Waals surface area contributed by atoms with Gasteiger partial charge in [0.25, 0.3) is 0 Å². The first-order valence-electron chi connectivity index (χ1n) is 8.19. The highest BCUT2D eigenvalue weighted by molar-refractivity contribution is 5.75. The van der Waals surface area contributed by atoms with Crippen LogP contribution in [0.4, 0.5) is 0 Å². The molecular weight excluding hydrogens is 254 g/mol. The molecule has 2 fully saturated rings. The Hall–Kier alpha value is -0.610. The fourth-order valence-electron chi connectivity index (χ4n) is 4.00. The summed E-state index contributed by atoms with van der Waals surface area (Å²) in [4.78, 5) is 13.7. The lowest BCUT2D eigenvalue weighted by molar-refractivity contribution is -0.153. The Morgan fingerprint density at radius 1 is 1.35 bits per heavy atom. The number of carboxylic acid groups (broad SMARTS) is 1. The predicted molar refractivity (Wildman–Crippen MR) is 78.6 cm³/mol. The third-order valence-electron chi connectivity index (χ3n) is 5.34. The van der Waals surface area contributed by atoms with Crippen LogP contribution in [0.5, 0.6) is 0 Å². The SMILES string of the molecule is CCC1(C(=O)O)CCCN(CC(O)CC2CCCC2)C1. The summed E-state index contributed by atoms with van der Waals surface area (Å²) in [6, 6.07) is 0. The Morgan fingerprint density at radius 3 is 2.65 bits per heavy atom. The number of β-amino-alcohol motifs (C(OH)–C–C–N with tert-alkyl or cyclic N) is 1. The largest absolute Gasteiger partial charge is 0.481 e. The maximum absolute atomic E-state index is 11.5. The summed E-state index contributed by atoms with van der Waals surface area (Å²) < 4.78 is 0. The highest BCUT2D eigenvalue weighted by atomic mass is 16.4. The van der Waals surface area contributed by atoms with Crippen LogP contribution in [-0.4, -0.2) is 46.8 Å². The molecule has 0 amide bonds. The van der Waals surface area contributed by atoms with Gasteiger partial charge < -0.3 is 10.2 Å². The summed E-state index contributed by atoms with van der Waals surface area (Å²) in [7, 11) is 0. The fourth-order valence-corrected chi connectivity index (χ4v) is 4.00. The van der Waals surface area contributed by atoms with Crippen molar-refractivity contribution >= 4 is 5.97 Å². The van der Waals surface area contributed by atoms with Crippen molar-refractivity contribution in [1.82, 2.24) is 4.90 Å². The number of aliphatic carboxylic acids is 1. The number of piperidine rings is 1. The van der Waals surface area contributed by atoms with Crippen LogP contribution in [0.25, 0.3) is 0 Å². The summed E-state index contributed by atoms with van der Waals surface area (Å²) in [6.45, 7) is 4.13. The molecule has 2 N–H and O–H groups in total. The zero-order valence-corrected chi connectivity index (χ0v) is 12.7. The lowest BCUT2D eigenvalue weighted by atomic mass is 9.77. The van der Waals surface area contributed by atoms with E-state index in [9.17, 15) is 15.0 Å². The number of rotatable bonds is 6. The van der Waals surface area contributed by atoms with Crippen molar-refractivity contribution in [3.63, 3.8) is 0 Å². The zero-order valence-electron chi connectivity index (χ0n) is 12.7. The van der Waals surface area contributed by atoms with Gasteiger partial charge in [-0.1, -0.05) is 32.6 Å². The Balaban J connectivity index is 1.84. The molecular formula is C16H29NO3. The van der Waals surface area contributed by atoms with Crippen LogP contribution in [0, 0.1) is 11.3 Å². The second kappa shape index (κ2) is 6.90. The van der Waals surface area contributed by atoms with E-state index in [1.165, 1.54) is 25.7 Å². The van der Waals surface area contributed by atoms with Gasteiger partial charge in [-0.15, -0.1) is 0 Å². The molecule has 1 aliphatic carbocycles. The van der Waals surface area contributed by atoms with Gasteiger partial charge in [-0.05, 0) is 38.1 Å². The van der Waals surface area contributed by atoms with Gasteiger partial charge in [-0.25, -0.2) is 0 Å². The molecule has 20 heavy (non-hydrogen) atoms. The van der Waals surface area contributed by atoms with Crippen LogP contribution in [0.1, 0.15) is 58.3 Å². The first-order valence-corrected chi connectivity index (χ1v) is 8.19. The molecule has 0 radical (unpaired) electrons. The summed E-state index contributed by atoms with van der Waals surface area (Å²) in [6.07, 6.45) is 8.10. The summed E-state index contributed by atoms with van der Waals surface area (Å²) >= 11 is 0. The standard InChI is InChI=1S/C16H29NO3/c1-2-16(15(19)20)8-5-9-17(12-16)11-14(18)10-13-6-3-4-7-13/h13-14,18H,2-12H2,1H3,(H,19,20). The number of carbonyl (C=O) groups is 1. The molecule has 4 heteroatoms. The van der Waals surface area contributed by atoms with Crippen LogP contribution in [0.3, 0.4) is 0 Å². The normalized spacial score (nSPS) is 30.5. The second-order valence-electron chi connectivity index (χ2n) is 6.82. The fraction of sp³-hybridized carbons (Fsp3) is 0.938. The van der Waals surface area contributed by atoms with Gasteiger partial charge in [0.2, 0.25) is 0 Å². The van der Waals surface area contributed by atoms with Crippen LogP contribution in [0.15, 0.2) is 0 Å². The van der Waals surface area contributed by atoms with Gasteiger partial charge in [-0.3, -0.25) is 9.69 Å². The summed E-state index contributed by atoms with van der Waals surface area (Å²) in [5.74, 6) is 0.0141. The Kier molecular flexibility index (Phi) is 5.44. The Morgan fingerprint density at radius 2 is 2.05 bits per heavy atom. The van der Waals surface area contributed by atoms with Crippen molar-refractivity contribution in [3.8, 4) is 0 Å². The van der Waals surface area contributed by atoms with Crippen molar-refractivity contribution < 1.29 is 15.0 Å². The molecule has 1 saturated carbocycles. The number of hydrogen-bond donors (Lipinski definition) is 2. The predicted octanol–water partition coefficient (Wildman–Crippen LogP) is 2.50. The molecule has 2 unspecified atom stereocenters. The molecule has 4 nitrogen and oxygen atoms in total. The molecule has 2 atom stereocenters. The number of nitrogens with zero attached hydrogens (tertiary/aromatic N) is 1. The molecule has 116 valence electrons. The zero-order chi connectivity index (χ0) is 14.6. The number of aliphatic hydroxyl groups is 1. The Labute approximate surface area is 122 Å². The first kappa shape index (κ1) is 15.8. The van der Waals surface area contributed by atoms with Gasteiger partial charge >= 0.3 is 5.97 Å². The highest BCUT2D eigenvalue weighted by Crippen LogP contribution is 2.34. The number of carboxylic acids is 1. The molecule has 0 aromatic rings. The topological polar surface area (TPSA) is 60.8 Å². The molecule has 1 saturated heterocycles. The van der Waals surface area contributed by atoms with Crippen LogP contribution in [0.2, 0.25) is 0 Å². The van der Waals surface area contributed by atoms with E-state index in [1.54, 1.807) is 0 Å². The molecule has 2 rings (SSSR count). The summed E-state index contributed by atoms with van der Waals surface area (Å²) in [5.41, 5.74) is -0.592. The van der Waals surface area contributed by atoms with E-state index in [0.717, 1.165) is 25.8 Å². The van der Waals surface area contributed by atoms with Crippen LogP contribution >= 0.6 is 0 Å². The molecule has 0 bridgehead atoms. The van der Waals surface area contributed by atoms with Crippen molar-refractivity contribution in [3.05, 3.63) is 0 Å². The maximum Gasteiger partial charge on any atom is 0.310 e. The van der Waals surface area contributed by atoms with Crippen molar-refractivity contribution in [2.75, 3.05) is 19.6 Å². The molecule has 1 aliphatic heterocycles. The first-order chi connectivity index (χ1) is 9.55. The lowest BCUT2D eigenvalue weighted by Gasteiger charge is -2.40. The van der Waals surface area contributed by atoms with Crippen molar-refractivity contribution in [2.24, 2.45) is 11.3 Å². The molecule has 1 heterocycles. The number of aliphatic hydroxyl groups excluding tert-OH is 1. The summed E-state index contributed by atoms with van der Waals surface area (Å²) in [5, 5.41) is 19.7. The minimum Gasteiger partial charge on any atom is -0.481 e. The van der Waals surface area contributed by atoms with Gasteiger partial charge in [0.1, 0.15) is 0 Å². The second-order valence-corrected chi connectivity index (χ2v) is 6.82. The number of likely N-dealkylation sites (tertiary alicyclic amines) is 1. The van der Waals surface area contributed by atoms with Crippen LogP contribution < -0.4 is 0 Å². The average molecular weight is 283 g/mol. The van der Waals surface area contributed by atoms with E-state index in [1.807, 2.05) is 6.92 Å². The quantitative estimate of drug-likeness (QED) is 0.786. The minimum absolute atomic E-state index is 0.292.